The lowest BCUT2D eigenvalue weighted by molar-refractivity contribution is -0.384. The molecule has 0 unspecified atom stereocenters. The van der Waals surface area contributed by atoms with Crippen molar-refractivity contribution in [3.05, 3.63) is 116 Å². The molecule has 1 aliphatic rings. The second-order valence-electron chi connectivity index (χ2n) is 8.96. The fourth-order valence-electron chi connectivity index (χ4n) is 4.69. The Morgan fingerprint density at radius 1 is 0.974 bits per heavy atom. The van der Waals surface area contributed by atoms with Crippen LogP contribution in [0.25, 0.3) is 11.1 Å². The summed E-state index contributed by atoms with van der Waals surface area (Å²) in [6.07, 6.45) is -4.57. The zero-order valence-electron chi connectivity index (χ0n) is 20.0. The molecule has 0 spiro atoms. The molecule has 0 fully saturated rings. The van der Waals surface area contributed by atoms with E-state index >= 15 is 0 Å². The first-order valence-corrected chi connectivity index (χ1v) is 12.0. The molecule has 0 aromatic heterocycles. The number of nitro groups is 1. The molecule has 0 saturated carbocycles. The quantitative estimate of drug-likeness (QED) is 0.186. The highest BCUT2D eigenvalue weighted by molar-refractivity contribution is 6.30. The first-order chi connectivity index (χ1) is 18.5. The smallest absolute Gasteiger partial charge is 0.417 e. The number of carbonyl (C=O) groups is 1. The van der Waals surface area contributed by atoms with E-state index in [9.17, 15) is 33.2 Å². The van der Waals surface area contributed by atoms with Crippen molar-refractivity contribution in [1.29, 1.82) is 0 Å². The van der Waals surface area contributed by atoms with E-state index in [2.05, 4.69) is 5.32 Å². The van der Waals surface area contributed by atoms with Gasteiger partial charge in [0.05, 0.1) is 21.7 Å². The van der Waals surface area contributed by atoms with E-state index in [1.807, 2.05) is 11.0 Å². The summed E-state index contributed by atoms with van der Waals surface area (Å²) in [7, 11) is 0. The van der Waals surface area contributed by atoms with Gasteiger partial charge in [0.1, 0.15) is 0 Å². The van der Waals surface area contributed by atoms with Gasteiger partial charge in [-0.15, -0.1) is 0 Å². The summed E-state index contributed by atoms with van der Waals surface area (Å²) in [5.41, 5.74) is 1.97. The van der Waals surface area contributed by atoms with E-state index < -0.39 is 22.6 Å². The molecule has 2 N–H and O–H groups in total. The van der Waals surface area contributed by atoms with Crippen molar-refractivity contribution in [2.45, 2.75) is 19.3 Å². The van der Waals surface area contributed by atoms with Gasteiger partial charge in [0.15, 0.2) is 0 Å². The monoisotopic (exact) mass is 553 g/mol. The molecular weight excluding hydrogens is 535 g/mol. The Bertz CT molecular complexity index is 1610. The van der Waals surface area contributed by atoms with E-state index in [4.69, 9.17) is 11.6 Å². The average Bonchev–Trinajstić information content (AvgIpc) is 3.31. The van der Waals surface area contributed by atoms with Crippen molar-refractivity contribution >= 4 is 40.3 Å². The third-order valence-corrected chi connectivity index (χ3v) is 6.73. The number of hydrogen-bond acceptors (Lipinski definition) is 5. The number of carboxylic acid groups (broad SMARTS) is 1. The van der Waals surface area contributed by atoms with Crippen LogP contribution in [0.5, 0.6) is 0 Å². The molecule has 5 rings (SSSR count). The number of nitrogens with one attached hydrogen (secondary N) is 1. The molecule has 4 aromatic carbocycles. The fraction of sp³-hybridized carbons (Fsp3) is 0.107. The standard InChI is InChI=1S/C28H19ClF3N3O4/c29-19-7-4-16(5-8-19)26-23(28(30,31)32)2-1-3-25(26)34-14-17-6-9-20(12-18(17)15-34)33-24-11-10-21(35(38)39)13-22(24)27(36)37/h1-13,33H,14-15H2,(H,36,37). The largest absolute Gasteiger partial charge is 0.478 e. The molecule has 39 heavy (non-hydrogen) atoms. The number of nitro benzene ring substituents is 1. The molecule has 0 aliphatic carbocycles. The molecule has 7 nitrogen and oxygen atoms in total. The minimum absolute atomic E-state index is 0.0600. The lowest BCUT2D eigenvalue weighted by Crippen LogP contribution is -2.18. The van der Waals surface area contributed by atoms with Crippen LogP contribution in [0, 0.1) is 10.1 Å². The van der Waals surface area contributed by atoms with Crippen LogP contribution in [0.3, 0.4) is 0 Å². The van der Waals surface area contributed by atoms with Crippen molar-refractivity contribution in [2.24, 2.45) is 0 Å². The normalized spacial score (nSPS) is 12.8. The zero-order valence-corrected chi connectivity index (χ0v) is 20.8. The van der Waals surface area contributed by atoms with Crippen molar-refractivity contribution in [2.75, 3.05) is 10.2 Å². The van der Waals surface area contributed by atoms with Crippen molar-refractivity contribution < 1.29 is 28.0 Å². The number of carboxylic acids is 1. The van der Waals surface area contributed by atoms with Gasteiger partial charge in [-0.3, -0.25) is 10.1 Å². The van der Waals surface area contributed by atoms with Crippen LogP contribution in [0.4, 0.5) is 35.9 Å². The number of fused-ring (bicyclic) bond motifs is 1. The highest BCUT2D eigenvalue weighted by Crippen LogP contribution is 2.44. The lowest BCUT2D eigenvalue weighted by Gasteiger charge is -2.25. The maximum atomic E-state index is 14.0. The fourth-order valence-corrected chi connectivity index (χ4v) is 4.82. The highest BCUT2D eigenvalue weighted by atomic mass is 35.5. The van der Waals surface area contributed by atoms with Crippen molar-refractivity contribution in [1.82, 2.24) is 0 Å². The third kappa shape index (κ3) is 5.23. The van der Waals surface area contributed by atoms with E-state index in [1.54, 1.807) is 42.5 Å². The van der Waals surface area contributed by atoms with Crippen LogP contribution in [-0.4, -0.2) is 16.0 Å². The summed E-state index contributed by atoms with van der Waals surface area (Å²) in [5.74, 6) is -1.33. The molecule has 0 amide bonds. The molecule has 0 bridgehead atoms. The summed E-state index contributed by atoms with van der Waals surface area (Å²) < 4.78 is 42.1. The Balaban J connectivity index is 1.48. The maximum Gasteiger partial charge on any atom is 0.417 e. The average molecular weight is 554 g/mol. The molecule has 11 heteroatoms. The minimum Gasteiger partial charge on any atom is -0.478 e. The first kappa shape index (κ1) is 26.1. The summed E-state index contributed by atoms with van der Waals surface area (Å²) >= 11 is 5.98. The summed E-state index contributed by atoms with van der Waals surface area (Å²) in [6.45, 7) is 0.689. The van der Waals surface area contributed by atoms with Crippen LogP contribution in [-0.2, 0) is 19.3 Å². The van der Waals surface area contributed by atoms with Gasteiger partial charge in [-0.05, 0) is 59.2 Å². The number of non-ortho nitro benzene ring substituents is 1. The second-order valence-corrected chi connectivity index (χ2v) is 9.40. The Kier molecular flexibility index (Phi) is 6.65. The van der Waals surface area contributed by atoms with Gasteiger partial charge in [0.2, 0.25) is 0 Å². The van der Waals surface area contributed by atoms with Gasteiger partial charge in [0, 0.05) is 47.2 Å². The SMILES string of the molecule is O=C(O)c1cc([N+](=O)[O-])ccc1Nc1ccc2c(c1)CN(c1cccc(C(F)(F)F)c1-c1ccc(Cl)cc1)C2. The Morgan fingerprint density at radius 3 is 2.36 bits per heavy atom. The van der Waals surface area contributed by atoms with Crippen molar-refractivity contribution in [3.8, 4) is 11.1 Å². The molecular formula is C28H19ClF3N3O4. The Hall–Kier alpha value is -4.57. The lowest BCUT2D eigenvalue weighted by atomic mass is 9.96. The van der Waals surface area contributed by atoms with E-state index in [0.29, 0.717) is 35.1 Å². The van der Waals surface area contributed by atoms with E-state index in [0.717, 1.165) is 23.3 Å². The number of aromatic carboxylic acids is 1. The topological polar surface area (TPSA) is 95.7 Å². The second kappa shape index (κ2) is 9.95. The summed E-state index contributed by atoms with van der Waals surface area (Å²) in [6, 6.07) is 19.2. The number of nitrogens with zero attached hydrogens (tertiary/aromatic N) is 2. The van der Waals surface area contributed by atoms with Crippen LogP contribution in [0.1, 0.15) is 27.0 Å². The first-order valence-electron chi connectivity index (χ1n) is 11.6. The number of benzene rings is 4. The summed E-state index contributed by atoms with van der Waals surface area (Å²) in [4.78, 5) is 23.9. The maximum absolute atomic E-state index is 14.0. The molecule has 0 saturated heterocycles. The summed E-state index contributed by atoms with van der Waals surface area (Å²) in [5, 5.41) is 24.0. The van der Waals surface area contributed by atoms with Crippen molar-refractivity contribution in [3.63, 3.8) is 0 Å². The van der Waals surface area contributed by atoms with Gasteiger partial charge in [-0.2, -0.15) is 13.2 Å². The van der Waals surface area contributed by atoms with Gasteiger partial charge in [-0.25, -0.2) is 4.79 Å². The van der Waals surface area contributed by atoms with Crippen LogP contribution in [0.15, 0.2) is 78.9 Å². The highest BCUT2D eigenvalue weighted by Gasteiger charge is 2.36. The van der Waals surface area contributed by atoms with Crippen LogP contribution >= 0.6 is 11.6 Å². The number of halogens is 4. The van der Waals surface area contributed by atoms with E-state index in [1.165, 1.54) is 18.2 Å². The van der Waals surface area contributed by atoms with Crippen LogP contribution < -0.4 is 10.2 Å². The third-order valence-electron chi connectivity index (χ3n) is 6.47. The number of rotatable bonds is 6. The molecule has 1 aliphatic heterocycles. The van der Waals surface area contributed by atoms with Gasteiger partial charge >= 0.3 is 12.1 Å². The molecule has 1 heterocycles. The number of hydrogen-bond donors (Lipinski definition) is 2. The van der Waals surface area contributed by atoms with Crippen LogP contribution in [0.2, 0.25) is 5.02 Å². The van der Waals surface area contributed by atoms with Gasteiger partial charge in [0.25, 0.3) is 5.69 Å². The van der Waals surface area contributed by atoms with Gasteiger partial charge in [-0.1, -0.05) is 35.9 Å². The predicted molar refractivity (Wildman–Crippen MR) is 142 cm³/mol. The minimum atomic E-state index is -4.57. The predicted octanol–water partition coefficient (Wildman–Crippen LogP) is 7.90. The number of anilines is 3. The molecule has 198 valence electrons. The Labute approximate surface area is 225 Å². The Morgan fingerprint density at radius 2 is 1.69 bits per heavy atom. The van der Waals surface area contributed by atoms with Gasteiger partial charge < -0.3 is 15.3 Å². The number of alkyl halides is 3. The molecule has 0 radical (unpaired) electrons. The zero-order chi connectivity index (χ0) is 27.9. The van der Waals surface area contributed by atoms with E-state index in [-0.39, 0.29) is 22.5 Å². The molecule has 0 atom stereocenters. The molecule has 4 aromatic rings.